The smallest absolute Gasteiger partial charge is 0.315 e. The Morgan fingerprint density at radius 1 is 1.45 bits per heavy atom. The van der Waals surface area contributed by atoms with Crippen LogP contribution in [0.25, 0.3) is 0 Å². The highest BCUT2D eigenvalue weighted by Crippen LogP contribution is 2.28. The van der Waals surface area contributed by atoms with Gasteiger partial charge in [0.2, 0.25) is 0 Å². The summed E-state index contributed by atoms with van der Waals surface area (Å²) in [4.78, 5) is 23.2. The number of carboxylic acid groups (broad SMARTS) is 1. The fourth-order valence-corrected chi connectivity index (χ4v) is 2.34. The topological polar surface area (TPSA) is 87.7 Å². The van der Waals surface area contributed by atoms with Crippen LogP contribution in [0.2, 0.25) is 0 Å². The van der Waals surface area contributed by atoms with E-state index in [1.807, 2.05) is 6.92 Å². The van der Waals surface area contributed by atoms with Crippen LogP contribution in [0, 0.1) is 11.3 Å². The third-order valence-electron chi connectivity index (χ3n) is 4.08. The number of hydrogen-bond donors (Lipinski definition) is 3. The lowest BCUT2D eigenvalue weighted by atomic mass is 9.85. The Morgan fingerprint density at radius 2 is 2.10 bits per heavy atom. The zero-order valence-corrected chi connectivity index (χ0v) is 12.7. The van der Waals surface area contributed by atoms with E-state index in [4.69, 9.17) is 4.74 Å². The molecule has 1 fully saturated rings. The summed E-state index contributed by atoms with van der Waals surface area (Å²) in [6, 6.07) is -0.775. The van der Waals surface area contributed by atoms with Crippen LogP contribution in [0.5, 0.6) is 0 Å². The molecule has 20 heavy (non-hydrogen) atoms. The summed E-state index contributed by atoms with van der Waals surface area (Å²) in [6.07, 6.45) is 1.97. The summed E-state index contributed by atoms with van der Waals surface area (Å²) < 4.78 is 5.20. The molecule has 0 aromatic heterocycles. The Hall–Kier alpha value is -1.30. The highest BCUT2D eigenvalue weighted by atomic mass is 16.5. The van der Waals surface area contributed by atoms with Crippen molar-refractivity contribution in [2.75, 3.05) is 13.2 Å². The monoisotopic (exact) mass is 286 g/mol. The van der Waals surface area contributed by atoms with Crippen LogP contribution in [0.4, 0.5) is 4.79 Å². The fourth-order valence-electron chi connectivity index (χ4n) is 2.34. The Balaban J connectivity index is 2.48. The van der Waals surface area contributed by atoms with Crippen LogP contribution in [-0.2, 0) is 9.53 Å². The lowest BCUT2D eigenvalue weighted by Crippen LogP contribution is -2.53. The summed E-state index contributed by atoms with van der Waals surface area (Å²) in [6.45, 7) is 8.16. The van der Waals surface area contributed by atoms with Crippen molar-refractivity contribution in [1.29, 1.82) is 0 Å². The molecule has 1 saturated heterocycles. The van der Waals surface area contributed by atoms with Gasteiger partial charge in [-0.05, 0) is 26.2 Å². The molecule has 1 rings (SSSR count). The van der Waals surface area contributed by atoms with Gasteiger partial charge in [-0.2, -0.15) is 0 Å². The maximum Gasteiger partial charge on any atom is 0.315 e. The summed E-state index contributed by atoms with van der Waals surface area (Å²) in [5.41, 5.74) is -1.06. The van der Waals surface area contributed by atoms with Gasteiger partial charge < -0.3 is 20.5 Å². The van der Waals surface area contributed by atoms with Gasteiger partial charge in [0.05, 0.1) is 19.3 Å². The molecule has 6 heteroatoms. The molecule has 2 amide bonds. The number of ether oxygens (including phenoxy) is 1. The highest BCUT2D eigenvalue weighted by molar-refractivity contribution is 5.79. The number of amides is 2. The first-order valence-electron chi connectivity index (χ1n) is 7.17. The number of nitrogens with one attached hydrogen (secondary N) is 2. The van der Waals surface area contributed by atoms with Crippen molar-refractivity contribution in [3.63, 3.8) is 0 Å². The summed E-state index contributed by atoms with van der Waals surface area (Å²) in [5, 5.41) is 14.8. The zero-order valence-electron chi connectivity index (χ0n) is 12.7. The van der Waals surface area contributed by atoms with Gasteiger partial charge >= 0.3 is 12.0 Å². The van der Waals surface area contributed by atoms with Crippen molar-refractivity contribution in [3.05, 3.63) is 0 Å². The fraction of sp³-hybridized carbons (Fsp3) is 0.857. The van der Waals surface area contributed by atoms with Crippen molar-refractivity contribution < 1.29 is 19.4 Å². The SMILES string of the molecule is CCC(C)CC(C)NC(=O)NC1COCC1(C)C(=O)O. The number of hydrogen-bond acceptors (Lipinski definition) is 3. The van der Waals surface area contributed by atoms with Gasteiger partial charge in [-0.1, -0.05) is 20.3 Å². The quantitative estimate of drug-likeness (QED) is 0.692. The molecule has 0 spiro atoms. The van der Waals surface area contributed by atoms with E-state index in [0.717, 1.165) is 12.8 Å². The van der Waals surface area contributed by atoms with E-state index < -0.39 is 17.4 Å². The maximum absolute atomic E-state index is 11.9. The van der Waals surface area contributed by atoms with Gasteiger partial charge in [0, 0.05) is 6.04 Å². The minimum absolute atomic E-state index is 0.0587. The number of aliphatic carboxylic acids is 1. The molecule has 1 aliphatic heterocycles. The zero-order chi connectivity index (χ0) is 15.3. The minimum Gasteiger partial charge on any atom is -0.481 e. The van der Waals surface area contributed by atoms with Gasteiger partial charge in [-0.15, -0.1) is 0 Å². The molecule has 4 unspecified atom stereocenters. The van der Waals surface area contributed by atoms with Gasteiger partial charge in [0.25, 0.3) is 0 Å². The first kappa shape index (κ1) is 16.8. The molecule has 0 radical (unpaired) electrons. The average Bonchev–Trinajstić information content (AvgIpc) is 2.71. The maximum atomic E-state index is 11.9. The molecule has 3 N–H and O–H groups in total. The normalized spacial score (nSPS) is 28.7. The third-order valence-corrected chi connectivity index (χ3v) is 4.08. The van der Waals surface area contributed by atoms with Gasteiger partial charge in [-0.3, -0.25) is 4.79 Å². The molecule has 0 aromatic rings. The van der Waals surface area contributed by atoms with Crippen molar-refractivity contribution >= 4 is 12.0 Å². The van der Waals surface area contributed by atoms with Crippen LogP contribution in [0.3, 0.4) is 0 Å². The van der Waals surface area contributed by atoms with E-state index in [9.17, 15) is 14.7 Å². The Morgan fingerprint density at radius 3 is 2.65 bits per heavy atom. The Kier molecular flexibility index (Phi) is 5.80. The Labute approximate surface area is 120 Å². The number of urea groups is 1. The second-order valence-corrected chi connectivity index (χ2v) is 6.06. The Bertz CT molecular complexity index is 361. The highest BCUT2D eigenvalue weighted by Gasteiger charge is 2.47. The second-order valence-electron chi connectivity index (χ2n) is 6.06. The molecule has 0 aliphatic carbocycles. The van der Waals surface area contributed by atoms with Crippen molar-refractivity contribution in [2.24, 2.45) is 11.3 Å². The molecule has 0 bridgehead atoms. The van der Waals surface area contributed by atoms with Crippen molar-refractivity contribution in [1.82, 2.24) is 10.6 Å². The van der Waals surface area contributed by atoms with E-state index in [1.165, 1.54) is 0 Å². The summed E-state index contributed by atoms with van der Waals surface area (Å²) >= 11 is 0. The summed E-state index contributed by atoms with van der Waals surface area (Å²) in [7, 11) is 0. The van der Waals surface area contributed by atoms with Gasteiger partial charge in [-0.25, -0.2) is 4.79 Å². The van der Waals surface area contributed by atoms with E-state index in [2.05, 4.69) is 24.5 Å². The van der Waals surface area contributed by atoms with Gasteiger partial charge in [0.1, 0.15) is 5.41 Å². The summed E-state index contributed by atoms with van der Waals surface area (Å²) in [5.74, 6) is -0.405. The molecular weight excluding hydrogens is 260 g/mol. The molecule has 1 heterocycles. The van der Waals surface area contributed by atoms with E-state index in [1.54, 1.807) is 6.92 Å². The lowest BCUT2D eigenvalue weighted by molar-refractivity contribution is -0.148. The van der Waals surface area contributed by atoms with Crippen molar-refractivity contribution in [2.45, 2.75) is 52.6 Å². The largest absolute Gasteiger partial charge is 0.481 e. The molecule has 4 atom stereocenters. The lowest BCUT2D eigenvalue weighted by Gasteiger charge is -2.26. The van der Waals surface area contributed by atoms with Crippen molar-refractivity contribution in [3.8, 4) is 0 Å². The first-order valence-corrected chi connectivity index (χ1v) is 7.17. The van der Waals surface area contributed by atoms with Crippen LogP contribution in [-0.4, -0.2) is 42.4 Å². The molecule has 0 aromatic carbocycles. The molecule has 6 nitrogen and oxygen atoms in total. The number of carbonyl (C=O) groups is 2. The third kappa shape index (κ3) is 4.10. The average molecular weight is 286 g/mol. The van der Waals surface area contributed by atoms with Crippen LogP contribution >= 0.6 is 0 Å². The van der Waals surface area contributed by atoms with Crippen LogP contribution in [0.15, 0.2) is 0 Å². The molecule has 0 saturated carbocycles. The number of carbonyl (C=O) groups excluding carboxylic acids is 1. The molecule has 1 aliphatic rings. The molecule has 116 valence electrons. The predicted molar refractivity (Wildman–Crippen MR) is 75.6 cm³/mol. The van der Waals surface area contributed by atoms with E-state index >= 15 is 0 Å². The van der Waals surface area contributed by atoms with E-state index in [0.29, 0.717) is 5.92 Å². The second kappa shape index (κ2) is 6.92. The van der Waals surface area contributed by atoms with Crippen LogP contribution < -0.4 is 10.6 Å². The minimum atomic E-state index is -1.06. The standard InChI is InChI=1S/C14H26N2O4/c1-5-9(2)6-10(3)15-13(19)16-11-7-20-8-14(11,4)12(17)18/h9-11H,5-8H2,1-4H3,(H,17,18)(H2,15,16,19). The van der Waals surface area contributed by atoms with Crippen LogP contribution in [0.1, 0.15) is 40.5 Å². The first-order chi connectivity index (χ1) is 9.29. The molecular formula is C14H26N2O4. The predicted octanol–water partition coefficient (Wildman–Crippen LogP) is 1.60. The number of rotatable bonds is 6. The van der Waals surface area contributed by atoms with E-state index in [-0.39, 0.29) is 25.3 Å². The number of carboxylic acids is 1. The van der Waals surface area contributed by atoms with Gasteiger partial charge in [0.15, 0.2) is 0 Å².